The molecule has 132 valence electrons. The van der Waals surface area contributed by atoms with E-state index in [0.29, 0.717) is 18.7 Å². The first kappa shape index (κ1) is 17.6. The normalized spacial score (nSPS) is 15.2. The minimum atomic E-state index is -3.38. The Morgan fingerprint density at radius 1 is 1.28 bits per heavy atom. The Hall–Kier alpha value is -2.25. The molecule has 1 saturated heterocycles. The van der Waals surface area contributed by atoms with Gasteiger partial charge in [0.2, 0.25) is 10.0 Å². The minimum Gasteiger partial charge on any atom is -0.335 e. The third-order valence-corrected chi connectivity index (χ3v) is 5.59. The van der Waals surface area contributed by atoms with Gasteiger partial charge in [0.15, 0.2) is 0 Å². The molecule has 0 unspecified atom stereocenters. The predicted octanol–water partition coefficient (Wildman–Crippen LogP) is 1.68. The Labute approximate surface area is 148 Å². The number of nitrogens with zero attached hydrogens (tertiary/aromatic N) is 3. The fourth-order valence-electron chi connectivity index (χ4n) is 2.95. The van der Waals surface area contributed by atoms with Crippen LogP contribution in [0.1, 0.15) is 21.5 Å². The summed E-state index contributed by atoms with van der Waals surface area (Å²) in [4.78, 5) is 18.2. The maximum absolute atomic E-state index is 12.5. The van der Waals surface area contributed by atoms with E-state index in [1.165, 1.54) is 10.6 Å². The van der Waals surface area contributed by atoms with Gasteiger partial charge in [-0.2, -0.15) is 4.31 Å². The molecular weight excluding hydrogens is 338 g/mol. The third-order valence-electron chi connectivity index (χ3n) is 4.31. The topological polar surface area (TPSA) is 70.6 Å². The average molecular weight is 359 g/mol. The number of hydrogen-bond donors (Lipinski definition) is 0. The molecule has 0 spiro atoms. The van der Waals surface area contributed by atoms with Crippen molar-refractivity contribution < 1.29 is 13.2 Å². The van der Waals surface area contributed by atoms with Crippen molar-refractivity contribution in [3.8, 4) is 0 Å². The molecule has 1 fully saturated rings. The number of carbonyl (C=O) groups excluding carboxylic acids is 1. The number of amides is 1. The van der Waals surface area contributed by atoms with Crippen molar-refractivity contribution >= 4 is 15.9 Å². The molecule has 2 heterocycles. The van der Waals surface area contributed by atoms with E-state index in [1.807, 2.05) is 31.2 Å². The molecule has 0 radical (unpaired) electrons. The monoisotopic (exact) mass is 359 g/mol. The lowest BCUT2D eigenvalue weighted by Crippen LogP contribution is -2.61. The number of aryl methyl sites for hydroxylation is 1. The zero-order valence-corrected chi connectivity index (χ0v) is 15.1. The summed E-state index contributed by atoms with van der Waals surface area (Å²) in [7, 11) is -3.38. The molecule has 2 aromatic rings. The summed E-state index contributed by atoms with van der Waals surface area (Å²) in [5.74, 6) is -0.0604. The number of aromatic nitrogens is 1. The Balaban J connectivity index is 1.69. The van der Waals surface area contributed by atoms with Crippen LogP contribution in [0.3, 0.4) is 0 Å². The van der Waals surface area contributed by atoms with Crippen LogP contribution in [-0.4, -0.2) is 53.9 Å². The molecule has 0 N–H and O–H groups in total. The van der Waals surface area contributed by atoms with Gasteiger partial charge in [-0.05, 0) is 30.7 Å². The Kier molecular flexibility index (Phi) is 4.87. The van der Waals surface area contributed by atoms with Crippen molar-refractivity contribution in [3.05, 3.63) is 65.5 Å². The maximum Gasteiger partial charge on any atom is 0.253 e. The highest BCUT2D eigenvalue weighted by atomic mass is 32.2. The highest BCUT2D eigenvalue weighted by Gasteiger charge is 2.39. The van der Waals surface area contributed by atoms with Gasteiger partial charge in [-0.3, -0.25) is 9.78 Å². The molecule has 1 amide bonds. The molecule has 3 rings (SSSR count). The van der Waals surface area contributed by atoms with Gasteiger partial charge >= 0.3 is 0 Å². The molecule has 0 atom stereocenters. The lowest BCUT2D eigenvalue weighted by atomic mass is 10.0. The first-order chi connectivity index (χ1) is 11.8. The van der Waals surface area contributed by atoms with E-state index in [4.69, 9.17) is 0 Å². The van der Waals surface area contributed by atoms with Gasteiger partial charge in [0.25, 0.3) is 5.91 Å². The Bertz CT molecular complexity index is 862. The van der Waals surface area contributed by atoms with E-state index in [0.717, 1.165) is 11.1 Å². The molecule has 6 nitrogen and oxygen atoms in total. The zero-order chi connectivity index (χ0) is 18.0. The van der Waals surface area contributed by atoms with Crippen molar-refractivity contribution in [2.75, 3.05) is 19.3 Å². The molecule has 0 aliphatic carbocycles. The number of carbonyl (C=O) groups is 1. The summed E-state index contributed by atoms with van der Waals surface area (Å²) >= 11 is 0. The van der Waals surface area contributed by atoms with E-state index in [2.05, 4.69) is 4.98 Å². The number of benzene rings is 1. The van der Waals surface area contributed by atoms with Gasteiger partial charge in [0.1, 0.15) is 0 Å². The SMILES string of the molecule is Cc1cccc(C(=O)N2CC(N(Cc3cccnc3)S(C)(=O)=O)C2)c1. The molecule has 0 saturated carbocycles. The zero-order valence-electron chi connectivity index (χ0n) is 14.3. The molecule has 0 bridgehead atoms. The molecule has 1 aliphatic rings. The summed E-state index contributed by atoms with van der Waals surface area (Å²) in [6.07, 6.45) is 4.51. The highest BCUT2D eigenvalue weighted by Crippen LogP contribution is 2.22. The van der Waals surface area contributed by atoms with Gasteiger partial charge in [-0.25, -0.2) is 8.42 Å². The van der Waals surface area contributed by atoms with Crippen molar-refractivity contribution in [3.63, 3.8) is 0 Å². The van der Waals surface area contributed by atoms with Gasteiger partial charge in [-0.15, -0.1) is 0 Å². The number of likely N-dealkylation sites (tertiary alicyclic amines) is 1. The molecule has 1 aliphatic heterocycles. The lowest BCUT2D eigenvalue weighted by molar-refractivity contribution is 0.0443. The fraction of sp³-hybridized carbons (Fsp3) is 0.333. The van der Waals surface area contributed by atoms with Crippen LogP contribution < -0.4 is 0 Å². The average Bonchev–Trinajstić information content (AvgIpc) is 2.52. The third kappa shape index (κ3) is 4.05. The number of pyridine rings is 1. The quantitative estimate of drug-likeness (QED) is 0.814. The van der Waals surface area contributed by atoms with Crippen molar-refractivity contribution in [1.29, 1.82) is 0 Å². The van der Waals surface area contributed by atoms with Gasteiger partial charge in [-0.1, -0.05) is 23.8 Å². The second-order valence-corrected chi connectivity index (χ2v) is 8.34. The van der Waals surface area contributed by atoms with E-state index in [1.54, 1.807) is 29.4 Å². The van der Waals surface area contributed by atoms with Crippen LogP contribution in [0.15, 0.2) is 48.8 Å². The van der Waals surface area contributed by atoms with Crippen molar-refractivity contribution in [1.82, 2.24) is 14.2 Å². The fourth-order valence-corrected chi connectivity index (χ4v) is 4.01. The largest absolute Gasteiger partial charge is 0.335 e. The summed E-state index contributed by atoms with van der Waals surface area (Å²) in [6.45, 7) is 3.01. The van der Waals surface area contributed by atoms with Crippen LogP contribution in [0.4, 0.5) is 0 Å². The first-order valence-electron chi connectivity index (χ1n) is 8.06. The summed E-state index contributed by atoms with van der Waals surface area (Å²) in [6, 6.07) is 10.8. The van der Waals surface area contributed by atoms with Crippen LogP contribution in [0.25, 0.3) is 0 Å². The summed E-state index contributed by atoms with van der Waals surface area (Å²) in [5, 5.41) is 0. The van der Waals surface area contributed by atoms with Crippen LogP contribution in [0, 0.1) is 6.92 Å². The van der Waals surface area contributed by atoms with E-state index in [-0.39, 0.29) is 18.5 Å². The van der Waals surface area contributed by atoms with E-state index >= 15 is 0 Å². The van der Waals surface area contributed by atoms with Crippen molar-refractivity contribution in [2.24, 2.45) is 0 Å². The highest BCUT2D eigenvalue weighted by molar-refractivity contribution is 7.88. The van der Waals surface area contributed by atoms with Crippen molar-refractivity contribution in [2.45, 2.75) is 19.5 Å². The molecular formula is C18H21N3O3S. The smallest absolute Gasteiger partial charge is 0.253 e. The lowest BCUT2D eigenvalue weighted by Gasteiger charge is -2.44. The van der Waals surface area contributed by atoms with Gasteiger partial charge in [0.05, 0.1) is 12.3 Å². The first-order valence-corrected chi connectivity index (χ1v) is 9.91. The molecule has 7 heteroatoms. The van der Waals surface area contributed by atoms with E-state index in [9.17, 15) is 13.2 Å². The summed E-state index contributed by atoms with van der Waals surface area (Å²) in [5.41, 5.74) is 2.49. The predicted molar refractivity (Wildman–Crippen MR) is 95.5 cm³/mol. The van der Waals surface area contributed by atoms with Gasteiger partial charge in [0, 0.05) is 37.6 Å². The molecule has 1 aromatic carbocycles. The maximum atomic E-state index is 12.5. The number of hydrogen-bond acceptors (Lipinski definition) is 4. The van der Waals surface area contributed by atoms with Crippen LogP contribution in [0.5, 0.6) is 0 Å². The molecule has 25 heavy (non-hydrogen) atoms. The van der Waals surface area contributed by atoms with E-state index < -0.39 is 10.0 Å². The second-order valence-electron chi connectivity index (χ2n) is 6.40. The minimum absolute atomic E-state index is 0.0604. The Morgan fingerprint density at radius 2 is 2.04 bits per heavy atom. The standard InChI is InChI=1S/C18H21N3O3S/c1-14-5-3-7-16(9-14)18(22)20-12-17(13-20)21(25(2,23)24)11-15-6-4-8-19-10-15/h3-10,17H,11-13H2,1-2H3. The number of rotatable bonds is 5. The van der Waals surface area contributed by atoms with Crippen LogP contribution in [-0.2, 0) is 16.6 Å². The van der Waals surface area contributed by atoms with Crippen LogP contribution in [0.2, 0.25) is 0 Å². The van der Waals surface area contributed by atoms with Crippen LogP contribution >= 0.6 is 0 Å². The molecule has 1 aromatic heterocycles. The Morgan fingerprint density at radius 3 is 2.64 bits per heavy atom. The summed E-state index contributed by atoms with van der Waals surface area (Å²) < 4.78 is 25.8. The number of sulfonamides is 1. The second kappa shape index (κ2) is 6.93. The van der Waals surface area contributed by atoms with Gasteiger partial charge < -0.3 is 4.90 Å².